The number of benzene rings is 3. The maximum atomic E-state index is 13.4. The van der Waals surface area contributed by atoms with E-state index in [4.69, 9.17) is 0 Å². The summed E-state index contributed by atoms with van der Waals surface area (Å²) in [5.41, 5.74) is 2.55. The SMILES string of the molecule is C[C@H](NC(=O)Cc1cc(F)cc(F)c1)C(=O)N[C@H]1C(=O)Nc2ccccc2[C@@H]1c1ccccc1. The van der Waals surface area contributed by atoms with Gasteiger partial charge in [-0.05, 0) is 41.8 Å². The van der Waals surface area contributed by atoms with Gasteiger partial charge >= 0.3 is 0 Å². The van der Waals surface area contributed by atoms with Crippen LogP contribution >= 0.6 is 0 Å². The topological polar surface area (TPSA) is 87.3 Å². The molecule has 3 aromatic rings. The summed E-state index contributed by atoms with van der Waals surface area (Å²) in [5, 5.41) is 8.10. The number of para-hydroxylation sites is 1. The summed E-state index contributed by atoms with van der Waals surface area (Å²) in [6, 6.07) is 17.7. The molecule has 0 spiro atoms. The Hall–Kier alpha value is -4.07. The molecule has 0 unspecified atom stereocenters. The van der Waals surface area contributed by atoms with Crippen LogP contribution in [0, 0.1) is 11.6 Å². The Labute approximate surface area is 195 Å². The molecule has 1 aliphatic rings. The molecule has 0 fully saturated rings. The molecule has 34 heavy (non-hydrogen) atoms. The van der Waals surface area contributed by atoms with Crippen molar-refractivity contribution in [2.24, 2.45) is 0 Å². The molecule has 0 saturated carbocycles. The van der Waals surface area contributed by atoms with E-state index >= 15 is 0 Å². The minimum atomic E-state index is -0.979. The van der Waals surface area contributed by atoms with Crippen LogP contribution in [0.4, 0.5) is 14.5 Å². The molecule has 3 amide bonds. The van der Waals surface area contributed by atoms with Gasteiger partial charge in [0.05, 0.1) is 6.42 Å². The largest absolute Gasteiger partial charge is 0.344 e. The van der Waals surface area contributed by atoms with Crippen LogP contribution in [0.5, 0.6) is 0 Å². The molecule has 174 valence electrons. The van der Waals surface area contributed by atoms with Crippen LogP contribution < -0.4 is 16.0 Å². The van der Waals surface area contributed by atoms with E-state index in [2.05, 4.69) is 16.0 Å². The van der Waals surface area contributed by atoms with Crippen molar-refractivity contribution in [3.05, 3.63) is 101 Å². The number of fused-ring (bicyclic) bond motifs is 1. The third-order valence-electron chi connectivity index (χ3n) is 5.68. The smallest absolute Gasteiger partial charge is 0.247 e. The zero-order valence-electron chi connectivity index (χ0n) is 18.3. The second-order valence-electron chi connectivity index (χ2n) is 8.19. The van der Waals surface area contributed by atoms with Crippen molar-refractivity contribution in [3.63, 3.8) is 0 Å². The van der Waals surface area contributed by atoms with Gasteiger partial charge in [0.15, 0.2) is 0 Å². The van der Waals surface area contributed by atoms with Crippen LogP contribution in [0.3, 0.4) is 0 Å². The summed E-state index contributed by atoms with van der Waals surface area (Å²) in [4.78, 5) is 38.2. The summed E-state index contributed by atoms with van der Waals surface area (Å²) in [6.45, 7) is 1.48. The van der Waals surface area contributed by atoms with Crippen LogP contribution in [0.15, 0.2) is 72.8 Å². The van der Waals surface area contributed by atoms with Crippen molar-refractivity contribution in [3.8, 4) is 0 Å². The van der Waals surface area contributed by atoms with E-state index in [9.17, 15) is 23.2 Å². The van der Waals surface area contributed by atoms with Crippen molar-refractivity contribution in [1.29, 1.82) is 0 Å². The molecule has 4 rings (SSSR count). The first-order valence-electron chi connectivity index (χ1n) is 10.8. The number of amides is 3. The lowest BCUT2D eigenvalue weighted by atomic mass is 9.81. The Kier molecular flexibility index (Phi) is 6.67. The minimum absolute atomic E-state index is 0.148. The van der Waals surface area contributed by atoms with Crippen molar-refractivity contribution in [1.82, 2.24) is 10.6 Å². The third-order valence-corrected chi connectivity index (χ3v) is 5.68. The fourth-order valence-corrected chi connectivity index (χ4v) is 4.14. The summed E-state index contributed by atoms with van der Waals surface area (Å²) in [5.74, 6) is -3.50. The monoisotopic (exact) mass is 463 g/mol. The van der Waals surface area contributed by atoms with Crippen molar-refractivity contribution in [2.75, 3.05) is 5.32 Å². The zero-order valence-corrected chi connectivity index (χ0v) is 18.3. The highest BCUT2D eigenvalue weighted by Gasteiger charge is 2.38. The Morgan fingerprint density at radius 2 is 1.62 bits per heavy atom. The van der Waals surface area contributed by atoms with Crippen LogP contribution in [0.25, 0.3) is 0 Å². The average molecular weight is 463 g/mol. The lowest BCUT2D eigenvalue weighted by Crippen LogP contribution is -2.55. The molecule has 6 nitrogen and oxygen atoms in total. The second-order valence-corrected chi connectivity index (χ2v) is 8.19. The standard InChI is InChI=1S/C26H23F2N3O3/c1-15(29-22(32)13-16-11-18(27)14-19(28)12-16)25(33)31-24-23(17-7-3-2-4-8-17)20-9-5-6-10-21(20)30-26(24)34/h2-12,14-15,23-24H,13H2,1H3,(H,29,32)(H,30,34)(H,31,33)/t15-,23-,24+/m0/s1. The van der Waals surface area contributed by atoms with Crippen LogP contribution in [-0.4, -0.2) is 29.8 Å². The van der Waals surface area contributed by atoms with Gasteiger partial charge < -0.3 is 16.0 Å². The maximum Gasteiger partial charge on any atom is 0.247 e. The minimum Gasteiger partial charge on any atom is -0.344 e. The van der Waals surface area contributed by atoms with Gasteiger partial charge in [-0.1, -0.05) is 48.5 Å². The van der Waals surface area contributed by atoms with E-state index < -0.39 is 41.5 Å². The van der Waals surface area contributed by atoms with E-state index in [1.54, 1.807) is 6.07 Å². The van der Waals surface area contributed by atoms with E-state index in [0.29, 0.717) is 11.8 Å². The fourth-order valence-electron chi connectivity index (χ4n) is 4.14. The molecule has 0 aliphatic carbocycles. The third kappa shape index (κ3) is 5.11. The summed E-state index contributed by atoms with van der Waals surface area (Å²) in [7, 11) is 0. The summed E-state index contributed by atoms with van der Waals surface area (Å²) < 4.78 is 26.7. The van der Waals surface area contributed by atoms with Crippen molar-refractivity contribution in [2.45, 2.75) is 31.3 Å². The first kappa shape index (κ1) is 23.1. The quantitative estimate of drug-likeness (QED) is 0.524. The van der Waals surface area contributed by atoms with E-state index in [0.717, 1.165) is 23.3 Å². The van der Waals surface area contributed by atoms with Crippen molar-refractivity contribution >= 4 is 23.4 Å². The number of hydrogen-bond donors (Lipinski definition) is 3. The highest BCUT2D eigenvalue weighted by Crippen LogP contribution is 2.37. The second kappa shape index (κ2) is 9.82. The fraction of sp³-hybridized carbons (Fsp3) is 0.192. The van der Waals surface area contributed by atoms with Gasteiger partial charge in [-0.2, -0.15) is 0 Å². The number of carbonyl (C=O) groups is 3. The molecule has 3 aromatic carbocycles. The van der Waals surface area contributed by atoms with Gasteiger partial charge in [0.1, 0.15) is 23.7 Å². The highest BCUT2D eigenvalue weighted by atomic mass is 19.1. The maximum absolute atomic E-state index is 13.4. The predicted molar refractivity (Wildman–Crippen MR) is 123 cm³/mol. The molecule has 3 N–H and O–H groups in total. The van der Waals surface area contributed by atoms with E-state index in [1.807, 2.05) is 48.5 Å². The van der Waals surface area contributed by atoms with Crippen LogP contribution in [0.2, 0.25) is 0 Å². The first-order valence-corrected chi connectivity index (χ1v) is 10.8. The molecule has 3 atom stereocenters. The molecule has 1 heterocycles. The van der Waals surface area contributed by atoms with Gasteiger partial charge in [-0.3, -0.25) is 14.4 Å². The Bertz CT molecular complexity index is 1210. The van der Waals surface area contributed by atoms with Crippen LogP contribution in [-0.2, 0) is 20.8 Å². The van der Waals surface area contributed by atoms with Crippen molar-refractivity contribution < 1.29 is 23.2 Å². The number of hydrogen-bond acceptors (Lipinski definition) is 3. The Morgan fingerprint density at radius 1 is 0.971 bits per heavy atom. The number of carbonyl (C=O) groups excluding carboxylic acids is 3. The number of halogens is 2. The molecule has 0 bridgehead atoms. The molecule has 0 aromatic heterocycles. The summed E-state index contributed by atoms with van der Waals surface area (Å²) in [6.07, 6.45) is -0.295. The Balaban J connectivity index is 1.49. The molecular weight excluding hydrogens is 440 g/mol. The van der Waals surface area contributed by atoms with Crippen LogP contribution in [0.1, 0.15) is 29.5 Å². The number of rotatable bonds is 6. The zero-order chi connectivity index (χ0) is 24.2. The summed E-state index contributed by atoms with van der Waals surface area (Å²) >= 11 is 0. The van der Waals surface area contributed by atoms with Gasteiger partial charge in [0.2, 0.25) is 17.7 Å². The lowest BCUT2D eigenvalue weighted by Gasteiger charge is -2.34. The Morgan fingerprint density at radius 3 is 2.32 bits per heavy atom. The molecule has 8 heteroatoms. The molecule has 0 saturated heterocycles. The predicted octanol–water partition coefficient (Wildman–Crippen LogP) is 3.28. The molecule has 1 aliphatic heterocycles. The highest BCUT2D eigenvalue weighted by molar-refractivity contribution is 6.02. The molecule has 0 radical (unpaired) electrons. The molecular formula is C26H23F2N3O3. The van der Waals surface area contributed by atoms with Gasteiger partial charge in [0.25, 0.3) is 0 Å². The first-order chi connectivity index (χ1) is 16.3. The normalized spacial score (nSPS) is 17.8. The van der Waals surface area contributed by atoms with Gasteiger partial charge in [-0.25, -0.2) is 8.78 Å². The van der Waals surface area contributed by atoms with Gasteiger partial charge in [-0.15, -0.1) is 0 Å². The van der Waals surface area contributed by atoms with Gasteiger partial charge in [0, 0.05) is 17.7 Å². The number of nitrogens with one attached hydrogen (secondary N) is 3. The van der Waals surface area contributed by atoms with E-state index in [-0.39, 0.29) is 17.9 Å². The average Bonchev–Trinajstić information content (AvgIpc) is 2.79. The lowest BCUT2D eigenvalue weighted by molar-refractivity contribution is -0.130. The number of anilines is 1. The van der Waals surface area contributed by atoms with E-state index in [1.165, 1.54) is 6.92 Å².